The van der Waals surface area contributed by atoms with Gasteiger partial charge < -0.3 is 10.1 Å². The highest BCUT2D eigenvalue weighted by Gasteiger charge is 2.41. The molecule has 0 saturated heterocycles. The standard InChI is InChI=1S/C21H26N2O2/c1-25-16-19(18-12-6-9-15-22-18)23-20(24)21(13-7-3-8-14-21)17-10-4-2-5-11-17/h2,4-6,9-12,15,19H,3,7-8,13-14,16H2,1H3,(H,23,24)/t19-/m1/s1. The first-order chi connectivity index (χ1) is 12.3. The molecule has 1 fully saturated rings. The maximum Gasteiger partial charge on any atom is 0.231 e. The van der Waals surface area contributed by atoms with Gasteiger partial charge in [0.25, 0.3) is 0 Å². The highest BCUT2D eigenvalue weighted by atomic mass is 16.5. The van der Waals surface area contributed by atoms with E-state index in [1.807, 2.05) is 36.4 Å². The Morgan fingerprint density at radius 1 is 1.12 bits per heavy atom. The number of hydrogen-bond donors (Lipinski definition) is 1. The number of carbonyl (C=O) groups excluding carboxylic acids is 1. The van der Waals surface area contributed by atoms with E-state index in [-0.39, 0.29) is 11.9 Å². The van der Waals surface area contributed by atoms with Gasteiger partial charge in [0.05, 0.1) is 23.8 Å². The number of carbonyl (C=O) groups is 1. The molecule has 1 aromatic heterocycles. The van der Waals surface area contributed by atoms with Crippen molar-refractivity contribution in [3.8, 4) is 0 Å². The summed E-state index contributed by atoms with van der Waals surface area (Å²) in [6, 6.07) is 15.7. The van der Waals surface area contributed by atoms with Gasteiger partial charge in [0, 0.05) is 13.3 Å². The zero-order chi connectivity index (χ0) is 17.5. The Bertz CT molecular complexity index is 667. The van der Waals surface area contributed by atoms with Gasteiger partial charge in [-0.05, 0) is 30.5 Å². The van der Waals surface area contributed by atoms with E-state index in [0.717, 1.165) is 36.9 Å². The molecule has 0 aliphatic heterocycles. The van der Waals surface area contributed by atoms with Crippen molar-refractivity contribution in [2.24, 2.45) is 0 Å². The summed E-state index contributed by atoms with van der Waals surface area (Å²) in [5, 5.41) is 3.22. The summed E-state index contributed by atoms with van der Waals surface area (Å²) < 4.78 is 5.33. The molecule has 1 N–H and O–H groups in total. The Morgan fingerprint density at radius 3 is 2.48 bits per heavy atom. The third-order valence-corrected chi connectivity index (χ3v) is 5.15. The average molecular weight is 338 g/mol. The van der Waals surface area contributed by atoms with Crippen molar-refractivity contribution < 1.29 is 9.53 Å². The second-order valence-corrected chi connectivity index (χ2v) is 6.74. The third kappa shape index (κ3) is 3.90. The Morgan fingerprint density at radius 2 is 1.84 bits per heavy atom. The van der Waals surface area contributed by atoms with Gasteiger partial charge in [-0.2, -0.15) is 0 Å². The fourth-order valence-electron chi connectivity index (χ4n) is 3.81. The molecule has 3 rings (SSSR count). The monoisotopic (exact) mass is 338 g/mol. The number of pyridine rings is 1. The van der Waals surface area contributed by atoms with Gasteiger partial charge in [0.15, 0.2) is 0 Å². The van der Waals surface area contributed by atoms with E-state index in [1.54, 1.807) is 13.3 Å². The highest BCUT2D eigenvalue weighted by Crippen LogP contribution is 2.40. The lowest BCUT2D eigenvalue weighted by atomic mass is 9.68. The number of hydrogen-bond acceptors (Lipinski definition) is 3. The number of ether oxygens (including phenoxy) is 1. The average Bonchev–Trinajstić information content (AvgIpc) is 2.69. The van der Waals surface area contributed by atoms with E-state index < -0.39 is 5.41 Å². The van der Waals surface area contributed by atoms with Crippen LogP contribution in [0.2, 0.25) is 0 Å². The Balaban J connectivity index is 1.87. The summed E-state index contributed by atoms with van der Waals surface area (Å²) >= 11 is 0. The van der Waals surface area contributed by atoms with Crippen LogP contribution < -0.4 is 5.32 Å². The van der Waals surface area contributed by atoms with E-state index in [2.05, 4.69) is 22.4 Å². The largest absolute Gasteiger partial charge is 0.382 e. The van der Waals surface area contributed by atoms with Crippen molar-refractivity contribution in [3.05, 3.63) is 66.0 Å². The van der Waals surface area contributed by atoms with Gasteiger partial charge >= 0.3 is 0 Å². The zero-order valence-electron chi connectivity index (χ0n) is 14.8. The van der Waals surface area contributed by atoms with Crippen molar-refractivity contribution >= 4 is 5.91 Å². The third-order valence-electron chi connectivity index (χ3n) is 5.15. The molecule has 4 heteroatoms. The molecule has 132 valence electrons. The van der Waals surface area contributed by atoms with Gasteiger partial charge in [0.1, 0.15) is 0 Å². The summed E-state index contributed by atoms with van der Waals surface area (Å²) in [5.74, 6) is 0.0890. The van der Waals surface area contributed by atoms with Gasteiger partial charge in [-0.15, -0.1) is 0 Å². The van der Waals surface area contributed by atoms with Crippen LogP contribution in [0.4, 0.5) is 0 Å². The number of aromatic nitrogens is 1. The van der Waals surface area contributed by atoms with Crippen LogP contribution in [0.25, 0.3) is 0 Å². The summed E-state index contributed by atoms with van der Waals surface area (Å²) in [5.41, 5.74) is 1.50. The van der Waals surface area contributed by atoms with Crippen LogP contribution in [0.3, 0.4) is 0 Å². The molecule has 0 radical (unpaired) electrons. The predicted octanol–water partition coefficient (Wildman–Crippen LogP) is 3.79. The van der Waals surface area contributed by atoms with Gasteiger partial charge in [-0.3, -0.25) is 9.78 Å². The van der Waals surface area contributed by atoms with Crippen LogP contribution in [0.1, 0.15) is 49.4 Å². The second-order valence-electron chi connectivity index (χ2n) is 6.74. The first-order valence-electron chi connectivity index (χ1n) is 9.02. The molecule has 25 heavy (non-hydrogen) atoms. The quantitative estimate of drug-likeness (QED) is 0.872. The second kappa shape index (κ2) is 8.26. The van der Waals surface area contributed by atoms with Crippen molar-refractivity contribution in [2.75, 3.05) is 13.7 Å². The van der Waals surface area contributed by atoms with Crippen LogP contribution in [0.15, 0.2) is 54.7 Å². The predicted molar refractivity (Wildman–Crippen MR) is 98.2 cm³/mol. The van der Waals surface area contributed by atoms with Crippen LogP contribution in [-0.2, 0) is 14.9 Å². The molecular weight excluding hydrogens is 312 g/mol. The van der Waals surface area contributed by atoms with Crippen molar-refractivity contribution in [1.29, 1.82) is 0 Å². The van der Waals surface area contributed by atoms with Gasteiger partial charge in [-0.1, -0.05) is 55.7 Å². The molecule has 2 aromatic rings. The van der Waals surface area contributed by atoms with E-state index in [9.17, 15) is 4.79 Å². The lowest BCUT2D eigenvalue weighted by Crippen LogP contribution is -2.47. The minimum absolute atomic E-state index is 0.0890. The van der Waals surface area contributed by atoms with E-state index in [0.29, 0.717) is 6.61 Å². The van der Waals surface area contributed by atoms with Gasteiger partial charge in [0.2, 0.25) is 5.91 Å². The number of nitrogens with one attached hydrogen (secondary N) is 1. The molecule has 1 heterocycles. The Labute approximate surface area is 149 Å². The topological polar surface area (TPSA) is 51.2 Å². The van der Waals surface area contributed by atoms with Gasteiger partial charge in [-0.25, -0.2) is 0 Å². The molecule has 1 amide bonds. The van der Waals surface area contributed by atoms with Crippen LogP contribution >= 0.6 is 0 Å². The molecule has 4 nitrogen and oxygen atoms in total. The fourth-order valence-corrected chi connectivity index (χ4v) is 3.81. The summed E-state index contributed by atoms with van der Waals surface area (Å²) in [6.45, 7) is 0.410. The number of rotatable bonds is 6. The molecule has 0 unspecified atom stereocenters. The number of methoxy groups -OCH3 is 1. The molecule has 1 aliphatic rings. The molecule has 1 saturated carbocycles. The van der Waals surface area contributed by atoms with Crippen molar-refractivity contribution in [2.45, 2.75) is 43.6 Å². The summed E-state index contributed by atoms with van der Waals surface area (Å²) in [6.07, 6.45) is 6.90. The maximum atomic E-state index is 13.4. The number of amides is 1. The molecule has 1 aromatic carbocycles. The van der Waals surface area contributed by atoms with Crippen LogP contribution in [0.5, 0.6) is 0 Å². The Kier molecular flexibility index (Phi) is 5.82. The van der Waals surface area contributed by atoms with E-state index in [1.165, 1.54) is 6.42 Å². The normalized spacial score (nSPS) is 17.6. The SMILES string of the molecule is COC[C@@H](NC(=O)C1(c2ccccc2)CCCCC1)c1ccccn1. The molecular formula is C21H26N2O2. The lowest BCUT2D eigenvalue weighted by Gasteiger charge is -2.37. The van der Waals surface area contributed by atoms with Crippen LogP contribution in [0, 0.1) is 0 Å². The molecule has 1 aliphatic carbocycles. The molecule has 0 spiro atoms. The lowest BCUT2D eigenvalue weighted by molar-refractivity contribution is -0.129. The van der Waals surface area contributed by atoms with Crippen LogP contribution in [-0.4, -0.2) is 24.6 Å². The van der Waals surface area contributed by atoms with Crippen molar-refractivity contribution in [3.63, 3.8) is 0 Å². The summed E-state index contributed by atoms with van der Waals surface area (Å²) in [4.78, 5) is 17.8. The van der Waals surface area contributed by atoms with E-state index >= 15 is 0 Å². The highest BCUT2D eigenvalue weighted by molar-refractivity contribution is 5.88. The first kappa shape index (κ1) is 17.6. The molecule has 1 atom stereocenters. The Hall–Kier alpha value is -2.20. The van der Waals surface area contributed by atoms with E-state index in [4.69, 9.17) is 4.74 Å². The number of nitrogens with zero attached hydrogens (tertiary/aromatic N) is 1. The first-order valence-corrected chi connectivity index (χ1v) is 9.02. The minimum atomic E-state index is -0.444. The zero-order valence-corrected chi connectivity index (χ0v) is 14.8. The fraction of sp³-hybridized carbons (Fsp3) is 0.429. The number of benzene rings is 1. The maximum absolute atomic E-state index is 13.4. The summed E-state index contributed by atoms with van der Waals surface area (Å²) in [7, 11) is 1.65. The molecule has 0 bridgehead atoms. The minimum Gasteiger partial charge on any atom is -0.382 e. The smallest absolute Gasteiger partial charge is 0.231 e. The van der Waals surface area contributed by atoms with Crippen molar-refractivity contribution in [1.82, 2.24) is 10.3 Å².